The minimum atomic E-state index is -3.60. The summed E-state index contributed by atoms with van der Waals surface area (Å²) in [6.45, 7) is 2.84. The molecule has 1 atom stereocenters. The minimum Gasteiger partial charge on any atom is -0.495 e. The highest BCUT2D eigenvalue weighted by Gasteiger charge is 2.29. The topological polar surface area (TPSA) is 87.7 Å². The quantitative estimate of drug-likeness (QED) is 0.657. The summed E-state index contributed by atoms with van der Waals surface area (Å²) in [5.74, 6) is 0.409. The van der Waals surface area contributed by atoms with Crippen LogP contribution in [0.5, 0.6) is 5.75 Å². The molecule has 9 heteroatoms. The molecule has 1 unspecified atom stereocenters. The van der Waals surface area contributed by atoms with Gasteiger partial charge in [-0.2, -0.15) is 0 Å². The number of fused-ring (bicyclic) bond motifs is 1. The van der Waals surface area contributed by atoms with E-state index >= 15 is 0 Å². The normalized spacial score (nSPS) is 18.8. The third-order valence-electron chi connectivity index (χ3n) is 5.35. The van der Waals surface area contributed by atoms with E-state index in [-0.39, 0.29) is 23.4 Å². The van der Waals surface area contributed by atoms with Crippen LogP contribution in [0.3, 0.4) is 0 Å². The first-order chi connectivity index (χ1) is 14.9. The van der Waals surface area contributed by atoms with Crippen molar-refractivity contribution in [2.24, 2.45) is 0 Å². The lowest BCUT2D eigenvalue weighted by Crippen LogP contribution is -2.36. The van der Waals surface area contributed by atoms with Gasteiger partial charge in [-0.3, -0.25) is 4.79 Å². The van der Waals surface area contributed by atoms with Gasteiger partial charge in [0.2, 0.25) is 15.9 Å². The number of carbonyl (C=O) groups is 1. The molecule has 166 valence electrons. The number of para-hydroxylation sites is 1. The standard InChI is InChI=1S/C22H27N3O4S2/c1-15-11-12-25(19-5-3-4-6-21(19)30-15)22(26)14-23-18-13-17(9-10-20(18)29-2)31(27,28)24-16-7-8-16/h3-6,9-10,13,15-16,23-24H,7-8,11-12,14H2,1-2H3. The van der Waals surface area contributed by atoms with Gasteiger partial charge in [-0.15, -0.1) is 11.8 Å². The van der Waals surface area contributed by atoms with E-state index in [9.17, 15) is 13.2 Å². The fraction of sp³-hybridized carbons (Fsp3) is 0.409. The van der Waals surface area contributed by atoms with Crippen LogP contribution in [0.25, 0.3) is 0 Å². The van der Waals surface area contributed by atoms with Crippen LogP contribution in [-0.2, 0) is 14.8 Å². The third-order valence-corrected chi connectivity index (χ3v) is 8.11. The predicted octanol–water partition coefficient (Wildman–Crippen LogP) is 3.47. The largest absolute Gasteiger partial charge is 0.495 e. The molecule has 1 amide bonds. The van der Waals surface area contributed by atoms with Crippen molar-refractivity contribution in [2.75, 3.05) is 30.4 Å². The maximum atomic E-state index is 13.1. The molecule has 1 fully saturated rings. The van der Waals surface area contributed by atoms with Crippen molar-refractivity contribution >= 4 is 39.1 Å². The summed E-state index contributed by atoms with van der Waals surface area (Å²) in [6.07, 6.45) is 2.63. The molecule has 0 spiro atoms. The van der Waals surface area contributed by atoms with Gasteiger partial charge in [-0.1, -0.05) is 19.1 Å². The van der Waals surface area contributed by atoms with E-state index in [0.29, 0.717) is 23.2 Å². The zero-order valence-corrected chi connectivity index (χ0v) is 19.3. The van der Waals surface area contributed by atoms with E-state index in [0.717, 1.165) is 29.8 Å². The van der Waals surface area contributed by atoms with Gasteiger partial charge >= 0.3 is 0 Å². The number of rotatable bonds is 7. The van der Waals surface area contributed by atoms with Crippen LogP contribution in [0.4, 0.5) is 11.4 Å². The van der Waals surface area contributed by atoms with Gasteiger partial charge in [-0.05, 0) is 49.6 Å². The zero-order valence-electron chi connectivity index (χ0n) is 17.6. The summed E-state index contributed by atoms with van der Waals surface area (Å²) in [4.78, 5) is 16.2. The van der Waals surface area contributed by atoms with Crippen LogP contribution in [0.1, 0.15) is 26.2 Å². The van der Waals surface area contributed by atoms with Crippen LogP contribution in [0.2, 0.25) is 0 Å². The molecule has 4 rings (SSSR count). The maximum Gasteiger partial charge on any atom is 0.246 e. The van der Waals surface area contributed by atoms with Crippen molar-refractivity contribution in [3.05, 3.63) is 42.5 Å². The second-order valence-corrected chi connectivity index (χ2v) is 11.0. The number of nitrogens with zero attached hydrogens (tertiary/aromatic N) is 1. The number of carbonyl (C=O) groups excluding carboxylic acids is 1. The summed E-state index contributed by atoms with van der Waals surface area (Å²) < 4.78 is 33.2. The van der Waals surface area contributed by atoms with Crippen LogP contribution in [0.15, 0.2) is 52.3 Å². The van der Waals surface area contributed by atoms with Crippen LogP contribution in [-0.4, -0.2) is 45.8 Å². The minimum absolute atomic E-state index is 0.0217. The highest BCUT2D eigenvalue weighted by atomic mass is 32.2. The molecular formula is C22H27N3O4S2. The van der Waals surface area contributed by atoms with Crippen molar-refractivity contribution in [1.29, 1.82) is 0 Å². The number of nitrogens with one attached hydrogen (secondary N) is 2. The monoisotopic (exact) mass is 461 g/mol. The number of benzene rings is 2. The van der Waals surface area contributed by atoms with Gasteiger partial charge in [0.15, 0.2) is 0 Å². The second-order valence-electron chi connectivity index (χ2n) is 7.84. The molecule has 7 nitrogen and oxygen atoms in total. The van der Waals surface area contributed by atoms with Gasteiger partial charge < -0.3 is 15.0 Å². The van der Waals surface area contributed by atoms with E-state index in [2.05, 4.69) is 17.0 Å². The third kappa shape index (κ3) is 5.16. The Hall–Kier alpha value is -2.23. The molecule has 0 bridgehead atoms. The summed E-state index contributed by atoms with van der Waals surface area (Å²) in [5.41, 5.74) is 1.39. The summed E-state index contributed by atoms with van der Waals surface area (Å²) >= 11 is 1.78. The summed E-state index contributed by atoms with van der Waals surface area (Å²) in [6, 6.07) is 12.6. The van der Waals surface area contributed by atoms with Gasteiger partial charge in [0.1, 0.15) is 5.75 Å². The Bertz CT molecular complexity index is 1070. The van der Waals surface area contributed by atoms with E-state index < -0.39 is 10.0 Å². The first-order valence-corrected chi connectivity index (χ1v) is 12.7. The average molecular weight is 462 g/mol. The lowest BCUT2D eigenvalue weighted by molar-refractivity contribution is -0.117. The van der Waals surface area contributed by atoms with Crippen LogP contribution in [0, 0.1) is 0 Å². The van der Waals surface area contributed by atoms with Crippen molar-refractivity contribution < 1.29 is 17.9 Å². The number of thioether (sulfide) groups is 1. The second kappa shape index (κ2) is 9.10. The number of anilines is 2. The number of ether oxygens (including phenoxy) is 1. The molecule has 0 aromatic heterocycles. The molecule has 2 N–H and O–H groups in total. The lowest BCUT2D eigenvalue weighted by atomic mass is 10.2. The van der Waals surface area contributed by atoms with Crippen LogP contribution >= 0.6 is 11.8 Å². The van der Waals surface area contributed by atoms with E-state index in [1.807, 2.05) is 24.3 Å². The van der Waals surface area contributed by atoms with E-state index in [4.69, 9.17) is 4.74 Å². The Balaban J connectivity index is 1.52. The van der Waals surface area contributed by atoms with Crippen molar-refractivity contribution in [1.82, 2.24) is 4.72 Å². The molecule has 2 aromatic carbocycles. The maximum absolute atomic E-state index is 13.1. The molecule has 2 aromatic rings. The Morgan fingerprint density at radius 1 is 1.19 bits per heavy atom. The van der Waals surface area contributed by atoms with Crippen molar-refractivity contribution in [3.63, 3.8) is 0 Å². The number of methoxy groups -OCH3 is 1. The molecule has 31 heavy (non-hydrogen) atoms. The van der Waals surface area contributed by atoms with Gasteiger partial charge in [0.05, 0.1) is 29.9 Å². The smallest absolute Gasteiger partial charge is 0.246 e. The molecule has 1 aliphatic carbocycles. The highest BCUT2D eigenvalue weighted by molar-refractivity contribution is 8.00. The highest BCUT2D eigenvalue weighted by Crippen LogP contribution is 2.37. The SMILES string of the molecule is COc1ccc(S(=O)(=O)NC2CC2)cc1NCC(=O)N1CCC(C)Sc2ccccc21. The fourth-order valence-corrected chi connectivity index (χ4v) is 5.94. The number of amides is 1. The van der Waals surface area contributed by atoms with Crippen molar-refractivity contribution in [3.8, 4) is 5.75 Å². The first kappa shape index (κ1) is 22.0. The van der Waals surface area contributed by atoms with Crippen molar-refractivity contribution in [2.45, 2.75) is 47.3 Å². The molecule has 1 saturated carbocycles. The van der Waals surface area contributed by atoms with Crippen LogP contribution < -0.4 is 19.7 Å². The molecular weight excluding hydrogens is 434 g/mol. The van der Waals surface area contributed by atoms with Gasteiger partial charge in [-0.25, -0.2) is 13.1 Å². The molecule has 2 aliphatic rings. The van der Waals surface area contributed by atoms with Gasteiger partial charge in [0, 0.05) is 22.7 Å². The van der Waals surface area contributed by atoms with E-state index in [1.165, 1.54) is 19.2 Å². The number of hydrogen-bond acceptors (Lipinski definition) is 6. The fourth-order valence-electron chi connectivity index (χ4n) is 3.49. The Labute approximate surface area is 187 Å². The summed E-state index contributed by atoms with van der Waals surface area (Å²) in [7, 11) is -2.08. The zero-order chi connectivity index (χ0) is 22.0. The number of hydrogen-bond donors (Lipinski definition) is 2. The first-order valence-electron chi connectivity index (χ1n) is 10.4. The average Bonchev–Trinajstić information content (AvgIpc) is 3.57. The Kier molecular flexibility index (Phi) is 6.45. The Morgan fingerprint density at radius 3 is 2.71 bits per heavy atom. The lowest BCUT2D eigenvalue weighted by Gasteiger charge is -2.23. The number of sulfonamides is 1. The summed E-state index contributed by atoms with van der Waals surface area (Å²) in [5, 5.41) is 3.51. The predicted molar refractivity (Wildman–Crippen MR) is 124 cm³/mol. The molecule has 0 radical (unpaired) electrons. The van der Waals surface area contributed by atoms with E-state index in [1.54, 1.807) is 22.7 Å². The van der Waals surface area contributed by atoms with Gasteiger partial charge in [0.25, 0.3) is 0 Å². The molecule has 1 aliphatic heterocycles. The molecule has 1 heterocycles. The Morgan fingerprint density at radius 2 is 1.97 bits per heavy atom. The molecule has 0 saturated heterocycles.